The van der Waals surface area contributed by atoms with Crippen LogP contribution in [-0.2, 0) is 14.3 Å². The zero-order chi connectivity index (χ0) is 28.6. The quantitative estimate of drug-likeness (QED) is 0.156. The standard InChI is InChI=1S/C30H51N3O4S/c1-7-9-11-12-13-17-21-33(28(35)25(22-38)32-29(36)37-30(4,5)6)26(24-19-15-14-18-23(24)3)27(34)31-20-16-10-8-2/h14-15,18-19,25-26,38H,7-13,16-17,20-22H2,1-6H3,(H,31,34)(H,32,36). The van der Waals surface area contributed by atoms with Gasteiger partial charge in [0.25, 0.3) is 0 Å². The molecule has 0 spiro atoms. The van der Waals surface area contributed by atoms with Crippen molar-refractivity contribution < 1.29 is 19.1 Å². The van der Waals surface area contributed by atoms with E-state index >= 15 is 0 Å². The van der Waals surface area contributed by atoms with Crippen LogP contribution in [-0.4, -0.2) is 53.3 Å². The van der Waals surface area contributed by atoms with Crippen molar-refractivity contribution in [2.45, 2.75) is 117 Å². The van der Waals surface area contributed by atoms with Crippen LogP contribution in [0.1, 0.15) is 110 Å². The number of alkyl carbamates (subject to hydrolysis) is 1. The number of amides is 3. The van der Waals surface area contributed by atoms with Gasteiger partial charge in [-0.15, -0.1) is 0 Å². The molecule has 0 heterocycles. The molecule has 0 aliphatic carbocycles. The fraction of sp³-hybridized carbons (Fsp3) is 0.700. The number of hydrogen-bond acceptors (Lipinski definition) is 5. The van der Waals surface area contributed by atoms with Gasteiger partial charge in [-0.3, -0.25) is 9.59 Å². The maximum atomic E-state index is 14.0. The van der Waals surface area contributed by atoms with Gasteiger partial charge in [0.15, 0.2) is 0 Å². The van der Waals surface area contributed by atoms with E-state index in [4.69, 9.17) is 4.74 Å². The molecule has 0 saturated heterocycles. The van der Waals surface area contributed by atoms with E-state index in [-0.39, 0.29) is 17.6 Å². The van der Waals surface area contributed by atoms with Crippen molar-refractivity contribution >= 4 is 30.5 Å². The maximum absolute atomic E-state index is 14.0. The van der Waals surface area contributed by atoms with Crippen molar-refractivity contribution in [3.05, 3.63) is 35.4 Å². The molecule has 0 aromatic heterocycles. The van der Waals surface area contributed by atoms with Crippen molar-refractivity contribution in [3.8, 4) is 0 Å². The molecule has 8 heteroatoms. The molecule has 3 amide bonds. The number of hydrogen-bond donors (Lipinski definition) is 3. The van der Waals surface area contributed by atoms with Gasteiger partial charge in [0.05, 0.1) is 0 Å². The van der Waals surface area contributed by atoms with Gasteiger partial charge in [0.1, 0.15) is 17.7 Å². The number of unbranched alkanes of at least 4 members (excludes halogenated alkanes) is 7. The van der Waals surface area contributed by atoms with Gasteiger partial charge in [-0.2, -0.15) is 12.6 Å². The first-order chi connectivity index (χ1) is 18.1. The minimum atomic E-state index is -0.923. The lowest BCUT2D eigenvalue weighted by Gasteiger charge is -2.35. The zero-order valence-electron chi connectivity index (χ0n) is 24.5. The Balaban J connectivity index is 3.29. The number of benzene rings is 1. The highest BCUT2D eigenvalue weighted by Crippen LogP contribution is 2.26. The fourth-order valence-corrected chi connectivity index (χ4v) is 4.54. The number of thiol groups is 1. The molecule has 216 valence electrons. The lowest BCUT2D eigenvalue weighted by molar-refractivity contribution is -0.142. The van der Waals surface area contributed by atoms with Crippen molar-refractivity contribution in [1.82, 2.24) is 15.5 Å². The highest BCUT2D eigenvalue weighted by atomic mass is 32.1. The Hall–Kier alpha value is -2.22. The summed E-state index contributed by atoms with van der Waals surface area (Å²) in [6, 6.07) is 5.95. The van der Waals surface area contributed by atoms with Gasteiger partial charge in [0, 0.05) is 18.8 Å². The topological polar surface area (TPSA) is 87.7 Å². The van der Waals surface area contributed by atoms with Crippen molar-refractivity contribution in [2.75, 3.05) is 18.8 Å². The van der Waals surface area contributed by atoms with E-state index in [1.807, 2.05) is 31.2 Å². The summed E-state index contributed by atoms with van der Waals surface area (Å²) < 4.78 is 5.39. The third-order valence-corrected chi connectivity index (χ3v) is 6.70. The molecule has 7 nitrogen and oxygen atoms in total. The average Bonchev–Trinajstić information content (AvgIpc) is 2.85. The third-order valence-electron chi connectivity index (χ3n) is 6.33. The minimum absolute atomic E-state index is 0.0870. The second-order valence-electron chi connectivity index (χ2n) is 10.9. The van der Waals surface area contributed by atoms with Crippen molar-refractivity contribution in [3.63, 3.8) is 0 Å². The second-order valence-corrected chi connectivity index (χ2v) is 11.3. The summed E-state index contributed by atoms with van der Waals surface area (Å²) >= 11 is 4.37. The van der Waals surface area contributed by atoms with Crippen LogP contribution in [0.3, 0.4) is 0 Å². The molecule has 0 aliphatic rings. The summed E-state index contributed by atoms with van der Waals surface area (Å²) in [5.41, 5.74) is 1.02. The van der Waals surface area contributed by atoms with E-state index in [9.17, 15) is 14.4 Å². The molecule has 2 N–H and O–H groups in total. The number of aryl methyl sites for hydroxylation is 1. The maximum Gasteiger partial charge on any atom is 0.408 e. The smallest absolute Gasteiger partial charge is 0.408 e. The molecule has 1 aromatic carbocycles. The Morgan fingerprint density at radius 1 is 0.947 bits per heavy atom. The number of carbonyl (C=O) groups excluding carboxylic acids is 3. The van der Waals surface area contributed by atoms with Crippen LogP contribution in [0, 0.1) is 6.92 Å². The largest absolute Gasteiger partial charge is 0.444 e. The van der Waals surface area contributed by atoms with E-state index in [2.05, 4.69) is 37.1 Å². The first-order valence-electron chi connectivity index (χ1n) is 14.3. The van der Waals surface area contributed by atoms with Crippen LogP contribution >= 0.6 is 12.6 Å². The lowest BCUT2D eigenvalue weighted by Crippen LogP contribution is -2.54. The fourth-order valence-electron chi connectivity index (χ4n) is 4.29. The molecule has 2 unspecified atom stereocenters. The summed E-state index contributed by atoms with van der Waals surface area (Å²) in [6.45, 7) is 12.5. The molecular formula is C30H51N3O4S. The Bertz CT molecular complexity index is 856. The van der Waals surface area contributed by atoms with Crippen LogP contribution < -0.4 is 10.6 Å². The molecule has 1 rings (SSSR count). The van der Waals surface area contributed by atoms with Crippen molar-refractivity contribution in [2.24, 2.45) is 0 Å². The van der Waals surface area contributed by atoms with E-state index in [1.165, 1.54) is 6.42 Å². The Kier molecular flexibility index (Phi) is 16.1. The number of ether oxygens (including phenoxy) is 1. The molecule has 0 radical (unpaired) electrons. The molecule has 0 bridgehead atoms. The number of rotatable bonds is 17. The van der Waals surface area contributed by atoms with Crippen LogP contribution in [0.5, 0.6) is 0 Å². The molecular weight excluding hydrogens is 498 g/mol. The molecule has 0 fully saturated rings. The summed E-state index contributed by atoms with van der Waals surface area (Å²) in [6.07, 6.45) is 8.61. The minimum Gasteiger partial charge on any atom is -0.444 e. The monoisotopic (exact) mass is 549 g/mol. The normalized spacial score (nSPS) is 12.9. The molecule has 0 aliphatic heterocycles. The predicted molar refractivity (Wildman–Crippen MR) is 159 cm³/mol. The lowest BCUT2D eigenvalue weighted by atomic mass is 9.97. The van der Waals surface area contributed by atoms with Crippen LogP contribution in [0.15, 0.2) is 24.3 Å². The van der Waals surface area contributed by atoms with Gasteiger partial charge in [-0.05, 0) is 51.7 Å². The number of carbonyl (C=O) groups is 3. The molecule has 0 saturated carbocycles. The second kappa shape index (κ2) is 18.1. The SMILES string of the molecule is CCCCCCCCN(C(=O)C(CS)NC(=O)OC(C)(C)C)C(C(=O)NCCCCC)c1ccccc1C. The van der Waals surface area contributed by atoms with Crippen LogP contribution in [0.2, 0.25) is 0 Å². The van der Waals surface area contributed by atoms with Crippen molar-refractivity contribution in [1.29, 1.82) is 0 Å². The summed E-state index contributed by atoms with van der Waals surface area (Å²) in [5.74, 6) is -0.453. The summed E-state index contributed by atoms with van der Waals surface area (Å²) in [7, 11) is 0. The van der Waals surface area contributed by atoms with Gasteiger partial charge in [-0.25, -0.2) is 4.79 Å². The van der Waals surface area contributed by atoms with E-state index in [0.29, 0.717) is 13.1 Å². The number of nitrogens with zero attached hydrogens (tertiary/aromatic N) is 1. The predicted octanol–water partition coefficient (Wildman–Crippen LogP) is 6.35. The van der Waals surface area contributed by atoms with E-state index < -0.39 is 23.8 Å². The highest BCUT2D eigenvalue weighted by Gasteiger charge is 2.36. The Morgan fingerprint density at radius 3 is 2.16 bits per heavy atom. The van der Waals surface area contributed by atoms with Gasteiger partial charge in [-0.1, -0.05) is 83.1 Å². The van der Waals surface area contributed by atoms with E-state index in [0.717, 1.165) is 62.5 Å². The first-order valence-corrected chi connectivity index (χ1v) is 14.9. The highest BCUT2D eigenvalue weighted by molar-refractivity contribution is 7.80. The van der Waals surface area contributed by atoms with Gasteiger partial charge >= 0.3 is 6.09 Å². The number of nitrogens with one attached hydrogen (secondary N) is 2. The molecule has 2 atom stereocenters. The third kappa shape index (κ3) is 12.5. The first kappa shape index (κ1) is 33.8. The van der Waals surface area contributed by atoms with Gasteiger partial charge in [0.2, 0.25) is 11.8 Å². The molecule has 1 aromatic rings. The van der Waals surface area contributed by atoms with Crippen LogP contribution in [0.25, 0.3) is 0 Å². The summed E-state index contributed by atoms with van der Waals surface area (Å²) in [5, 5.41) is 5.74. The Morgan fingerprint density at radius 2 is 1.55 bits per heavy atom. The van der Waals surface area contributed by atoms with E-state index in [1.54, 1.807) is 25.7 Å². The summed E-state index contributed by atoms with van der Waals surface area (Å²) in [4.78, 5) is 41.8. The molecule has 38 heavy (non-hydrogen) atoms. The average molecular weight is 550 g/mol. The van der Waals surface area contributed by atoms with Crippen LogP contribution in [0.4, 0.5) is 4.79 Å². The van der Waals surface area contributed by atoms with Gasteiger partial charge < -0.3 is 20.3 Å². The zero-order valence-corrected chi connectivity index (χ0v) is 25.4. The Labute approximate surface area is 236 Å².